The van der Waals surface area contributed by atoms with Crippen molar-refractivity contribution in [3.63, 3.8) is 0 Å². The summed E-state index contributed by atoms with van der Waals surface area (Å²) in [6.45, 7) is 8.38. The average molecular weight is 964 g/mol. The molecule has 382 valence electrons. The summed E-state index contributed by atoms with van der Waals surface area (Å²) in [4.78, 5) is 5.02. The molecular weight excluding hydrogens is 883 g/mol. The van der Waals surface area contributed by atoms with Gasteiger partial charge in [-0.25, -0.2) is 0 Å². The van der Waals surface area contributed by atoms with Gasteiger partial charge in [-0.2, -0.15) is 0 Å². The van der Waals surface area contributed by atoms with Crippen LogP contribution in [0.1, 0.15) is 138 Å². The topological polar surface area (TPSA) is 188 Å². The van der Waals surface area contributed by atoms with Crippen LogP contribution in [-0.4, -0.2) is 90.3 Å². The first-order valence-corrected chi connectivity index (χ1v) is 26.8. The molecule has 12 nitrogen and oxygen atoms in total. The van der Waals surface area contributed by atoms with Crippen LogP contribution in [-0.2, 0) is 24.0 Å². The van der Waals surface area contributed by atoms with Crippen LogP contribution in [0.2, 0.25) is 0 Å². The van der Waals surface area contributed by atoms with E-state index >= 15 is 0 Å². The zero-order chi connectivity index (χ0) is 49.3. The standard InChI is InChI=1S/C58H81N3O9/c1-6-34-22-36-13-12-35(34)23-42(63)30-58(18-8-10-41(58)17-20-67-4)32-61-57(59)60-19-16-43-38(31-62)9-7-11-50(43)69-52-27-37(14-15-47(52)64)56-49(66)28-46-51(70-56)29-53(68-5)55-45-25-40(21-33(2)3)48(65)26-39(45)24-44(36)54(46)55/h12-15,25-27,29,33-36,38,41-44,49-50,56,62-66H,6-11,16-24,28,30-32H2,1-5H3,(H3,59,60,61)/t34-,35+,36+,38+,41+,42+,43-,44+,49-,50+,56+,58-/m1/s1. The van der Waals surface area contributed by atoms with Crippen LogP contribution in [0.3, 0.4) is 0 Å². The van der Waals surface area contributed by atoms with Crippen molar-refractivity contribution in [2.45, 2.75) is 147 Å². The fourth-order valence-electron chi connectivity index (χ4n) is 14.2. The van der Waals surface area contributed by atoms with Gasteiger partial charge in [0.05, 0.1) is 19.3 Å². The number of phenolic OH excluding ortho intramolecular Hbond substituents is 2. The average Bonchev–Trinajstić information content (AvgIpc) is 3.74. The molecule has 4 aliphatic carbocycles. The van der Waals surface area contributed by atoms with Gasteiger partial charge in [0.25, 0.3) is 0 Å². The zero-order valence-corrected chi connectivity index (χ0v) is 42.4. The number of aliphatic hydroxyl groups is 3. The molecule has 9 aliphatic rings. The van der Waals surface area contributed by atoms with Crippen molar-refractivity contribution in [2.75, 3.05) is 40.5 Å². The molecule has 1 spiro atoms. The Morgan fingerprint density at radius 1 is 0.914 bits per heavy atom. The Hall–Kier alpha value is -4.49. The van der Waals surface area contributed by atoms with Crippen LogP contribution in [0, 0.1) is 46.8 Å². The maximum Gasteiger partial charge on any atom is 0.188 e. The van der Waals surface area contributed by atoms with E-state index in [9.17, 15) is 25.5 Å². The number of hydrogen-bond acceptors (Lipinski definition) is 12. The van der Waals surface area contributed by atoms with Gasteiger partial charge < -0.3 is 55.5 Å². The van der Waals surface area contributed by atoms with Gasteiger partial charge in [-0.05, 0) is 176 Å². The van der Waals surface area contributed by atoms with Crippen LogP contribution in [0.25, 0.3) is 11.1 Å². The SMILES string of the molecule is CC[C@@H]1C[C@@H]2C=C[C@H]1C[C@H](O)C[C@]1(CCC[C@H]1CCOC)CN=C(N)NCC[C@@H]1[C@H](CO)CCC[C@@H]1Oc1cc(ccc1O)[C@@H]1Oc3cc(OC)c4c(c3C[C@H]1O)[C@H]2Cc1cc(O)c(CC(C)C)cc1-4. The van der Waals surface area contributed by atoms with Gasteiger partial charge in [0.1, 0.15) is 29.5 Å². The van der Waals surface area contributed by atoms with Crippen LogP contribution < -0.4 is 25.3 Å². The molecule has 5 aliphatic heterocycles. The minimum atomic E-state index is -0.910. The van der Waals surface area contributed by atoms with Gasteiger partial charge in [-0.1, -0.05) is 51.8 Å². The largest absolute Gasteiger partial charge is 0.508 e. The summed E-state index contributed by atoms with van der Waals surface area (Å²) in [5.41, 5.74) is 13.3. The minimum Gasteiger partial charge on any atom is -0.508 e. The molecule has 2 fully saturated rings. The molecule has 70 heavy (non-hydrogen) atoms. The molecule has 2 saturated carbocycles. The van der Waals surface area contributed by atoms with Crippen LogP contribution in [0.5, 0.6) is 28.7 Å². The van der Waals surface area contributed by atoms with E-state index in [1.807, 2.05) is 18.2 Å². The second-order valence-electron chi connectivity index (χ2n) is 22.5. The summed E-state index contributed by atoms with van der Waals surface area (Å²) in [6.07, 6.45) is 14.6. The van der Waals surface area contributed by atoms with Gasteiger partial charge in [0.2, 0.25) is 0 Å². The first-order valence-electron chi connectivity index (χ1n) is 26.8. The predicted octanol–water partition coefficient (Wildman–Crippen LogP) is 9.30. The molecule has 5 heterocycles. The number of allylic oxidation sites excluding steroid dienone is 2. The number of fused-ring (bicyclic) bond motifs is 2. The van der Waals surface area contributed by atoms with Gasteiger partial charge in [0.15, 0.2) is 17.5 Å². The Morgan fingerprint density at radius 3 is 2.51 bits per heavy atom. The Morgan fingerprint density at radius 2 is 1.74 bits per heavy atom. The van der Waals surface area contributed by atoms with Crippen molar-refractivity contribution in [2.24, 2.45) is 57.6 Å². The molecule has 0 unspecified atom stereocenters. The predicted molar refractivity (Wildman–Crippen MR) is 274 cm³/mol. The van der Waals surface area contributed by atoms with E-state index in [-0.39, 0.29) is 53.5 Å². The molecule has 0 radical (unpaired) electrons. The van der Waals surface area contributed by atoms with Crippen LogP contribution >= 0.6 is 0 Å². The van der Waals surface area contributed by atoms with E-state index in [4.69, 9.17) is 29.7 Å². The molecular formula is C58H81N3O9. The van der Waals surface area contributed by atoms with E-state index < -0.39 is 18.3 Å². The molecule has 8 bridgehead atoms. The van der Waals surface area contributed by atoms with Crippen LogP contribution in [0.4, 0.5) is 0 Å². The van der Waals surface area contributed by atoms with Crippen molar-refractivity contribution in [3.8, 4) is 39.9 Å². The van der Waals surface area contributed by atoms with E-state index in [1.165, 1.54) is 0 Å². The third kappa shape index (κ3) is 10.3. The second kappa shape index (κ2) is 21.7. The van der Waals surface area contributed by atoms with Crippen molar-refractivity contribution >= 4 is 5.96 Å². The fourth-order valence-corrected chi connectivity index (χ4v) is 14.2. The van der Waals surface area contributed by atoms with Gasteiger partial charge in [-0.15, -0.1) is 0 Å². The smallest absolute Gasteiger partial charge is 0.188 e. The maximum atomic E-state index is 12.3. The number of ether oxygens (including phenoxy) is 4. The number of nitrogens with zero attached hydrogens (tertiary/aromatic N) is 1. The van der Waals surface area contributed by atoms with E-state index in [2.05, 4.69) is 44.3 Å². The Balaban J connectivity index is 1.14. The number of guanidine groups is 1. The highest BCUT2D eigenvalue weighted by atomic mass is 16.5. The minimum absolute atomic E-state index is 0.00359. The number of methoxy groups -OCH3 is 2. The Labute approximate surface area is 416 Å². The summed E-state index contributed by atoms with van der Waals surface area (Å²) in [6, 6.07) is 11.3. The number of aliphatic imine (C=N–C) groups is 1. The second-order valence-corrected chi connectivity index (χ2v) is 22.5. The summed E-state index contributed by atoms with van der Waals surface area (Å²) in [5, 5.41) is 61.3. The van der Waals surface area contributed by atoms with Crippen LogP contribution in [0.15, 0.2) is 53.5 Å². The molecule has 0 amide bonds. The molecule has 12 rings (SSSR count). The van der Waals surface area contributed by atoms with Crippen molar-refractivity contribution in [1.82, 2.24) is 5.32 Å². The summed E-state index contributed by atoms with van der Waals surface area (Å²) in [7, 11) is 3.46. The lowest BCUT2D eigenvalue weighted by Gasteiger charge is -2.42. The summed E-state index contributed by atoms with van der Waals surface area (Å²) in [5.74, 6) is 3.79. The molecule has 0 aromatic heterocycles. The van der Waals surface area contributed by atoms with E-state index in [0.29, 0.717) is 104 Å². The lowest BCUT2D eigenvalue weighted by Crippen LogP contribution is -2.42. The molecule has 3 aromatic rings. The third-order valence-electron chi connectivity index (χ3n) is 17.7. The number of aromatic hydroxyl groups is 2. The summed E-state index contributed by atoms with van der Waals surface area (Å²) >= 11 is 0. The molecule has 12 heteroatoms. The Kier molecular flexibility index (Phi) is 15.6. The van der Waals surface area contributed by atoms with Gasteiger partial charge in [0, 0.05) is 62.9 Å². The number of aliphatic hydroxyl groups excluding tert-OH is 3. The van der Waals surface area contributed by atoms with Crippen molar-refractivity contribution in [3.05, 3.63) is 76.4 Å². The maximum absolute atomic E-state index is 12.3. The fraction of sp³-hybridized carbons (Fsp3) is 0.638. The number of benzene rings is 3. The molecule has 0 saturated heterocycles. The number of hydrogen-bond donors (Lipinski definition) is 7. The zero-order valence-electron chi connectivity index (χ0n) is 42.4. The number of nitrogens with two attached hydrogens (primary N) is 1. The lowest BCUT2D eigenvalue weighted by atomic mass is 9.64. The molecule has 3 aromatic carbocycles. The number of nitrogens with one attached hydrogen (secondary N) is 1. The summed E-state index contributed by atoms with van der Waals surface area (Å²) < 4.78 is 25.6. The van der Waals surface area contributed by atoms with Crippen molar-refractivity contribution < 1.29 is 44.5 Å². The molecule has 8 N–H and O–H groups in total. The number of rotatable bonds is 8. The Bertz CT molecular complexity index is 2370. The lowest BCUT2D eigenvalue weighted by molar-refractivity contribution is 0.0166. The third-order valence-corrected chi connectivity index (χ3v) is 17.7. The first kappa shape index (κ1) is 50.5. The molecule has 12 atom stereocenters. The van der Waals surface area contributed by atoms with Gasteiger partial charge in [-0.3, -0.25) is 4.99 Å². The highest BCUT2D eigenvalue weighted by Gasteiger charge is 2.46. The first-order chi connectivity index (χ1) is 33.8. The quantitative estimate of drug-likeness (QED) is 0.107. The van der Waals surface area contributed by atoms with E-state index in [1.54, 1.807) is 26.4 Å². The number of phenols is 2. The highest BCUT2D eigenvalue weighted by molar-refractivity contribution is 5.84. The monoisotopic (exact) mass is 964 g/mol. The normalized spacial score (nSPS) is 32.1. The van der Waals surface area contributed by atoms with Gasteiger partial charge >= 0.3 is 0 Å². The van der Waals surface area contributed by atoms with E-state index in [0.717, 1.165) is 97.6 Å². The highest BCUT2D eigenvalue weighted by Crippen LogP contribution is 2.57. The van der Waals surface area contributed by atoms with Crippen molar-refractivity contribution in [1.29, 1.82) is 0 Å².